The van der Waals surface area contributed by atoms with Crippen LogP contribution in [0, 0.1) is 0 Å². The largest absolute Gasteiger partial charge is 0.348 e. The third kappa shape index (κ3) is 3.32. The predicted molar refractivity (Wildman–Crippen MR) is 76.2 cm³/mol. The molecule has 0 aliphatic heterocycles. The molecule has 0 aliphatic carbocycles. The maximum atomic E-state index is 12.2. The van der Waals surface area contributed by atoms with Gasteiger partial charge in [0, 0.05) is 11.4 Å². The Balaban J connectivity index is 2.04. The number of para-hydroxylation sites is 1. The summed E-state index contributed by atoms with van der Waals surface area (Å²) in [5, 5.41) is 10.8. The molecule has 5 nitrogen and oxygen atoms in total. The van der Waals surface area contributed by atoms with E-state index >= 15 is 0 Å². The highest BCUT2D eigenvalue weighted by molar-refractivity contribution is 6.04. The van der Waals surface area contributed by atoms with Gasteiger partial charge in [0.1, 0.15) is 0 Å². The molecule has 0 radical (unpaired) electrons. The number of benzene rings is 1. The van der Waals surface area contributed by atoms with E-state index in [4.69, 9.17) is 0 Å². The van der Waals surface area contributed by atoms with Crippen LogP contribution in [0.1, 0.15) is 23.8 Å². The molecule has 1 aromatic heterocycles. The van der Waals surface area contributed by atoms with Gasteiger partial charge in [0.05, 0.1) is 5.52 Å². The third-order valence-electron chi connectivity index (χ3n) is 3.07. The fraction of sp³-hybridized carbons (Fsp3) is 0.429. The summed E-state index contributed by atoms with van der Waals surface area (Å²) >= 11 is 0. The molecule has 1 atom stereocenters. The van der Waals surface area contributed by atoms with E-state index in [1.807, 2.05) is 45.3 Å². The van der Waals surface area contributed by atoms with Gasteiger partial charge in [0.15, 0.2) is 5.69 Å². The number of fused-ring (bicyclic) bond motifs is 1. The van der Waals surface area contributed by atoms with Crippen LogP contribution in [0.25, 0.3) is 10.9 Å². The molecule has 1 aromatic carbocycles. The lowest BCUT2D eigenvalue weighted by Gasteiger charge is -2.16. The molecule has 2 N–H and O–H groups in total. The Bertz CT molecular complexity index is 561. The van der Waals surface area contributed by atoms with Gasteiger partial charge in [-0.1, -0.05) is 18.2 Å². The summed E-state index contributed by atoms with van der Waals surface area (Å²) in [4.78, 5) is 14.3. The van der Waals surface area contributed by atoms with Crippen molar-refractivity contribution in [3.63, 3.8) is 0 Å². The fourth-order valence-corrected chi connectivity index (χ4v) is 1.95. The minimum Gasteiger partial charge on any atom is -0.348 e. The number of hydrogen-bond acceptors (Lipinski definition) is 3. The van der Waals surface area contributed by atoms with E-state index in [1.54, 1.807) is 0 Å². The van der Waals surface area contributed by atoms with Gasteiger partial charge in [0.2, 0.25) is 0 Å². The minimum atomic E-state index is -0.122. The van der Waals surface area contributed by atoms with E-state index in [0.717, 1.165) is 23.9 Å². The Labute approximate surface area is 113 Å². The maximum Gasteiger partial charge on any atom is 0.272 e. The zero-order chi connectivity index (χ0) is 13.8. The van der Waals surface area contributed by atoms with E-state index in [2.05, 4.69) is 20.4 Å². The van der Waals surface area contributed by atoms with Gasteiger partial charge in [-0.25, -0.2) is 0 Å². The van der Waals surface area contributed by atoms with Crippen LogP contribution in [-0.2, 0) is 0 Å². The molecule has 5 heteroatoms. The summed E-state index contributed by atoms with van der Waals surface area (Å²) in [7, 11) is 4.05. The lowest BCUT2D eigenvalue weighted by molar-refractivity contribution is 0.0933. The van der Waals surface area contributed by atoms with Crippen LogP contribution in [0.4, 0.5) is 0 Å². The van der Waals surface area contributed by atoms with Gasteiger partial charge in [0.25, 0.3) is 5.91 Å². The molecule has 2 rings (SSSR count). The Kier molecular flexibility index (Phi) is 4.16. The SMILES string of the molecule is CC(CCN(C)C)NC(=O)c1n[nH]c2ccccc12. The predicted octanol–water partition coefficient (Wildman–Crippen LogP) is 1.63. The Morgan fingerprint density at radius 3 is 2.89 bits per heavy atom. The molecule has 1 unspecified atom stereocenters. The number of carbonyl (C=O) groups excluding carboxylic acids is 1. The summed E-state index contributed by atoms with van der Waals surface area (Å²) in [5.74, 6) is -0.122. The zero-order valence-electron chi connectivity index (χ0n) is 11.6. The van der Waals surface area contributed by atoms with E-state index in [0.29, 0.717) is 5.69 Å². The topological polar surface area (TPSA) is 61.0 Å². The van der Waals surface area contributed by atoms with Crippen LogP contribution < -0.4 is 5.32 Å². The van der Waals surface area contributed by atoms with E-state index < -0.39 is 0 Å². The first-order chi connectivity index (χ1) is 9.08. The number of amides is 1. The van der Waals surface area contributed by atoms with E-state index in [9.17, 15) is 4.79 Å². The number of nitrogens with zero attached hydrogens (tertiary/aromatic N) is 2. The Morgan fingerprint density at radius 2 is 2.16 bits per heavy atom. The van der Waals surface area contributed by atoms with E-state index in [1.165, 1.54) is 0 Å². The molecule has 0 fully saturated rings. The number of H-pyrrole nitrogens is 1. The molecule has 0 saturated heterocycles. The average molecular weight is 260 g/mol. The van der Waals surface area contributed by atoms with Crippen molar-refractivity contribution in [2.75, 3.05) is 20.6 Å². The van der Waals surface area contributed by atoms with Crippen molar-refractivity contribution in [1.82, 2.24) is 20.4 Å². The Hall–Kier alpha value is -1.88. The first kappa shape index (κ1) is 13.5. The molecule has 102 valence electrons. The highest BCUT2D eigenvalue weighted by Crippen LogP contribution is 2.14. The smallest absolute Gasteiger partial charge is 0.272 e. The van der Waals surface area contributed by atoms with Crippen molar-refractivity contribution in [2.45, 2.75) is 19.4 Å². The van der Waals surface area contributed by atoms with Gasteiger partial charge in [-0.2, -0.15) is 5.10 Å². The van der Waals surface area contributed by atoms with Gasteiger partial charge >= 0.3 is 0 Å². The molecule has 19 heavy (non-hydrogen) atoms. The number of hydrogen-bond donors (Lipinski definition) is 2. The monoisotopic (exact) mass is 260 g/mol. The number of nitrogens with one attached hydrogen (secondary N) is 2. The standard InChI is InChI=1S/C14H20N4O/c1-10(8-9-18(2)3)15-14(19)13-11-6-4-5-7-12(11)16-17-13/h4-7,10H,8-9H2,1-3H3,(H,15,19)(H,16,17). The minimum absolute atomic E-state index is 0.122. The van der Waals surface area contributed by atoms with Crippen LogP contribution in [0.3, 0.4) is 0 Å². The molecular weight excluding hydrogens is 240 g/mol. The lowest BCUT2D eigenvalue weighted by Crippen LogP contribution is -2.35. The number of aromatic nitrogens is 2. The molecule has 0 spiro atoms. The van der Waals surface area contributed by atoms with Crippen molar-refractivity contribution < 1.29 is 4.79 Å². The molecular formula is C14H20N4O. The molecule has 1 amide bonds. The molecule has 0 bridgehead atoms. The highest BCUT2D eigenvalue weighted by atomic mass is 16.2. The van der Waals surface area contributed by atoms with Crippen LogP contribution in [0.2, 0.25) is 0 Å². The number of aromatic amines is 1. The highest BCUT2D eigenvalue weighted by Gasteiger charge is 2.15. The van der Waals surface area contributed by atoms with Crippen LogP contribution in [0.15, 0.2) is 24.3 Å². The van der Waals surface area contributed by atoms with Crippen molar-refractivity contribution in [1.29, 1.82) is 0 Å². The van der Waals surface area contributed by atoms with Crippen molar-refractivity contribution in [3.05, 3.63) is 30.0 Å². The second-order valence-electron chi connectivity index (χ2n) is 5.08. The van der Waals surface area contributed by atoms with Crippen molar-refractivity contribution in [2.24, 2.45) is 0 Å². The second-order valence-corrected chi connectivity index (χ2v) is 5.08. The number of rotatable bonds is 5. The third-order valence-corrected chi connectivity index (χ3v) is 3.07. The molecule has 0 saturated carbocycles. The summed E-state index contributed by atoms with van der Waals surface area (Å²) in [6.07, 6.45) is 0.918. The van der Waals surface area contributed by atoms with Gasteiger partial charge in [-0.05, 0) is 40.1 Å². The normalized spacial score (nSPS) is 12.8. The fourth-order valence-electron chi connectivity index (χ4n) is 1.95. The van der Waals surface area contributed by atoms with Crippen molar-refractivity contribution >= 4 is 16.8 Å². The summed E-state index contributed by atoms with van der Waals surface area (Å²) in [6, 6.07) is 7.77. The first-order valence-electron chi connectivity index (χ1n) is 6.46. The number of carbonyl (C=O) groups is 1. The average Bonchev–Trinajstić information content (AvgIpc) is 2.80. The molecule has 0 aliphatic rings. The van der Waals surface area contributed by atoms with Crippen molar-refractivity contribution in [3.8, 4) is 0 Å². The lowest BCUT2D eigenvalue weighted by atomic mass is 10.2. The van der Waals surface area contributed by atoms with Gasteiger partial charge in [-0.3, -0.25) is 9.89 Å². The molecule has 1 heterocycles. The summed E-state index contributed by atoms with van der Waals surface area (Å²) < 4.78 is 0. The van der Waals surface area contributed by atoms with E-state index in [-0.39, 0.29) is 11.9 Å². The second kappa shape index (κ2) is 5.84. The first-order valence-corrected chi connectivity index (χ1v) is 6.46. The zero-order valence-corrected chi connectivity index (χ0v) is 11.6. The quantitative estimate of drug-likeness (QED) is 0.859. The summed E-state index contributed by atoms with van der Waals surface area (Å²) in [5.41, 5.74) is 1.35. The van der Waals surface area contributed by atoms with Crippen LogP contribution in [-0.4, -0.2) is 47.7 Å². The van der Waals surface area contributed by atoms with Crippen LogP contribution in [0.5, 0.6) is 0 Å². The maximum absolute atomic E-state index is 12.2. The van der Waals surface area contributed by atoms with Crippen LogP contribution >= 0.6 is 0 Å². The summed E-state index contributed by atoms with van der Waals surface area (Å²) in [6.45, 7) is 2.96. The molecule has 2 aromatic rings. The van der Waals surface area contributed by atoms with Gasteiger partial charge < -0.3 is 10.2 Å². The van der Waals surface area contributed by atoms with Gasteiger partial charge in [-0.15, -0.1) is 0 Å². The Morgan fingerprint density at radius 1 is 1.42 bits per heavy atom.